The Morgan fingerprint density at radius 3 is 2.75 bits per heavy atom. The van der Waals surface area contributed by atoms with Crippen LogP contribution in [0.3, 0.4) is 0 Å². The first-order valence-electron chi connectivity index (χ1n) is 8.42. The number of anilines is 1. The van der Waals surface area contributed by atoms with Crippen LogP contribution in [0.1, 0.15) is 30.5 Å². The highest BCUT2D eigenvalue weighted by Crippen LogP contribution is 2.52. The Kier molecular flexibility index (Phi) is 3.70. The maximum Gasteiger partial charge on any atom is 0.183 e. The van der Waals surface area contributed by atoms with E-state index < -0.39 is 0 Å². The topological polar surface area (TPSA) is 73.0 Å². The maximum absolute atomic E-state index is 10.3. The van der Waals surface area contributed by atoms with Gasteiger partial charge in [0.15, 0.2) is 11.5 Å². The number of benzene rings is 1. The van der Waals surface area contributed by atoms with Crippen molar-refractivity contribution in [2.24, 2.45) is 5.41 Å². The van der Waals surface area contributed by atoms with Crippen LogP contribution in [-0.4, -0.2) is 33.8 Å². The minimum atomic E-state index is -0.172. The van der Waals surface area contributed by atoms with Crippen molar-refractivity contribution in [1.29, 1.82) is 5.26 Å². The van der Waals surface area contributed by atoms with Gasteiger partial charge in [-0.2, -0.15) is 5.26 Å². The van der Waals surface area contributed by atoms with Crippen molar-refractivity contribution in [2.45, 2.75) is 37.8 Å². The monoisotopic (exact) mass is 320 g/mol. The summed E-state index contributed by atoms with van der Waals surface area (Å²) in [5, 5.41) is 19.6. The average Bonchev–Trinajstić information content (AvgIpc) is 3.18. The summed E-state index contributed by atoms with van der Waals surface area (Å²) in [4.78, 5) is 10.9. The summed E-state index contributed by atoms with van der Waals surface area (Å²) >= 11 is 0. The molecule has 1 aromatic carbocycles. The number of aliphatic hydroxyl groups excluding tert-OH is 1. The number of hydrogen-bond donors (Lipinski definition) is 1. The molecule has 2 saturated heterocycles. The van der Waals surface area contributed by atoms with E-state index in [0.29, 0.717) is 17.6 Å². The molecule has 5 heteroatoms. The van der Waals surface area contributed by atoms with Crippen molar-refractivity contribution in [3.05, 3.63) is 54.0 Å². The molecule has 4 rings (SSSR count). The van der Waals surface area contributed by atoms with Crippen LogP contribution in [0.4, 0.5) is 5.82 Å². The molecule has 3 atom stereocenters. The summed E-state index contributed by atoms with van der Waals surface area (Å²) in [5.41, 5.74) is 1.45. The molecule has 0 aliphatic carbocycles. The largest absolute Gasteiger partial charge is 0.396 e. The SMILES string of the molecule is N#Cc1nccnc1N1[C@@H]2CC[C@H]1[C@](CO)(Cc1ccccc1)C2. The van der Waals surface area contributed by atoms with Gasteiger partial charge in [0.2, 0.25) is 0 Å². The molecule has 0 saturated carbocycles. The van der Waals surface area contributed by atoms with Gasteiger partial charge in [-0.1, -0.05) is 30.3 Å². The maximum atomic E-state index is 10.3. The number of hydrogen-bond acceptors (Lipinski definition) is 5. The Labute approximate surface area is 141 Å². The molecule has 2 aliphatic rings. The van der Waals surface area contributed by atoms with Gasteiger partial charge in [0.05, 0.1) is 6.61 Å². The van der Waals surface area contributed by atoms with Gasteiger partial charge in [0, 0.05) is 29.9 Å². The number of rotatable bonds is 4. The van der Waals surface area contributed by atoms with Crippen molar-refractivity contribution in [1.82, 2.24) is 9.97 Å². The summed E-state index contributed by atoms with van der Waals surface area (Å²) in [7, 11) is 0. The second kappa shape index (κ2) is 5.88. The number of aromatic nitrogens is 2. The highest BCUT2D eigenvalue weighted by Gasteiger charge is 2.56. The second-order valence-corrected chi connectivity index (χ2v) is 6.88. The lowest BCUT2D eigenvalue weighted by Gasteiger charge is -2.36. The van der Waals surface area contributed by atoms with Crippen LogP contribution < -0.4 is 4.90 Å². The van der Waals surface area contributed by atoms with Crippen LogP contribution in [-0.2, 0) is 6.42 Å². The van der Waals surface area contributed by atoms with E-state index in [2.05, 4.69) is 33.1 Å². The van der Waals surface area contributed by atoms with Gasteiger partial charge < -0.3 is 10.0 Å². The van der Waals surface area contributed by atoms with Crippen molar-refractivity contribution in [3.8, 4) is 6.07 Å². The molecule has 2 fully saturated rings. The summed E-state index contributed by atoms with van der Waals surface area (Å²) < 4.78 is 0. The molecule has 122 valence electrons. The Bertz CT molecular complexity index is 772. The summed E-state index contributed by atoms with van der Waals surface area (Å²) in [6.45, 7) is 0.154. The lowest BCUT2D eigenvalue weighted by atomic mass is 9.70. The first kappa shape index (κ1) is 15.1. The third-order valence-electron chi connectivity index (χ3n) is 5.59. The Balaban J connectivity index is 1.70. The van der Waals surface area contributed by atoms with E-state index in [1.165, 1.54) is 5.56 Å². The number of nitrogens with zero attached hydrogens (tertiary/aromatic N) is 4. The molecule has 1 aromatic heterocycles. The lowest BCUT2D eigenvalue weighted by molar-refractivity contribution is 0.0984. The Hall–Kier alpha value is -2.45. The lowest BCUT2D eigenvalue weighted by Crippen LogP contribution is -2.42. The molecule has 24 heavy (non-hydrogen) atoms. The molecule has 2 aliphatic heterocycles. The van der Waals surface area contributed by atoms with Gasteiger partial charge in [-0.25, -0.2) is 9.97 Å². The standard InChI is InChI=1S/C19H20N4O/c20-12-16-18(22-9-8-21-16)23-15-6-7-17(23)19(11-15,13-24)10-14-4-2-1-3-5-14/h1-5,8-9,15,17,24H,6-7,10-11,13H2/t15-,17+,19-/m1/s1. The highest BCUT2D eigenvalue weighted by molar-refractivity contribution is 5.54. The van der Waals surface area contributed by atoms with E-state index in [0.717, 1.165) is 25.7 Å². The van der Waals surface area contributed by atoms with E-state index in [1.54, 1.807) is 12.4 Å². The molecule has 1 N–H and O–H groups in total. The average molecular weight is 320 g/mol. The van der Waals surface area contributed by atoms with Crippen molar-refractivity contribution in [2.75, 3.05) is 11.5 Å². The molecule has 0 radical (unpaired) electrons. The van der Waals surface area contributed by atoms with Crippen molar-refractivity contribution >= 4 is 5.82 Å². The predicted octanol–water partition coefficient (Wildman–Crippen LogP) is 2.31. The fourth-order valence-corrected chi connectivity index (χ4v) is 4.63. The van der Waals surface area contributed by atoms with Gasteiger partial charge in [-0.3, -0.25) is 0 Å². The van der Waals surface area contributed by atoms with Gasteiger partial charge in [0.1, 0.15) is 6.07 Å². The van der Waals surface area contributed by atoms with Crippen LogP contribution >= 0.6 is 0 Å². The molecule has 0 amide bonds. The quantitative estimate of drug-likeness (QED) is 0.936. The zero-order chi connectivity index (χ0) is 16.6. The van der Waals surface area contributed by atoms with E-state index >= 15 is 0 Å². The van der Waals surface area contributed by atoms with E-state index in [1.807, 2.05) is 18.2 Å². The normalized spacial score (nSPS) is 28.1. The zero-order valence-corrected chi connectivity index (χ0v) is 13.5. The Morgan fingerprint density at radius 1 is 1.21 bits per heavy atom. The number of aliphatic hydroxyl groups is 1. The van der Waals surface area contributed by atoms with Gasteiger partial charge >= 0.3 is 0 Å². The molecular formula is C19H20N4O. The Morgan fingerprint density at radius 2 is 2.00 bits per heavy atom. The van der Waals surface area contributed by atoms with Crippen molar-refractivity contribution < 1.29 is 5.11 Å². The van der Waals surface area contributed by atoms with E-state index in [-0.39, 0.29) is 18.1 Å². The molecule has 0 spiro atoms. The fourth-order valence-electron chi connectivity index (χ4n) is 4.63. The summed E-state index contributed by atoms with van der Waals surface area (Å²) in [6.07, 6.45) is 7.10. The highest BCUT2D eigenvalue weighted by atomic mass is 16.3. The van der Waals surface area contributed by atoms with Gasteiger partial charge in [-0.15, -0.1) is 0 Å². The third-order valence-corrected chi connectivity index (χ3v) is 5.59. The van der Waals surface area contributed by atoms with Crippen LogP contribution in [0.15, 0.2) is 42.7 Å². The first-order chi connectivity index (χ1) is 11.8. The van der Waals surface area contributed by atoms with Crippen LogP contribution in [0.25, 0.3) is 0 Å². The summed E-state index contributed by atoms with van der Waals surface area (Å²) in [5.74, 6) is 0.677. The molecule has 2 bridgehead atoms. The first-order valence-corrected chi connectivity index (χ1v) is 8.42. The molecule has 5 nitrogen and oxygen atoms in total. The summed E-state index contributed by atoms with van der Waals surface area (Å²) in [6, 6.07) is 13.0. The molecular weight excluding hydrogens is 300 g/mol. The second-order valence-electron chi connectivity index (χ2n) is 6.88. The third kappa shape index (κ3) is 2.26. The van der Waals surface area contributed by atoms with Gasteiger partial charge in [-0.05, 0) is 31.2 Å². The smallest absolute Gasteiger partial charge is 0.183 e. The minimum Gasteiger partial charge on any atom is -0.396 e. The molecule has 0 unspecified atom stereocenters. The van der Waals surface area contributed by atoms with E-state index in [4.69, 9.17) is 0 Å². The van der Waals surface area contributed by atoms with Crippen LogP contribution in [0, 0.1) is 16.7 Å². The predicted molar refractivity (Wildman–Crippen MR) is 90.3 cm³/mol. The zero-order valence-electron chi connectivity index (χ0n) is 13.5. The minimum absolute atomic E-state index is 0.154. The number of fused-ring (bicyclic) bond motifs is 2. The molecule has 3 heterocycles. The van der Waals surface area contributed by atoms with E-state index in [9.17, 15) is 10.4 Å². The fraction of sp³-hybridized carbons (Fsp3) is 0.421. The van der Waals surface area contributed by atoms with Gasteiger partial charge in [0.25, 0.3) is 0 Å². The van der Waals surface area contributed by atoms with Crippen molar-refractivity contribution in [3.63, 3.8) is 0 Å². The van der Waals surface area contributed by atoms with Crippen LogP contribution in [0.2, 0.25) is 0 Å². The molecule has 2 aromatic rings. The van der Waals surface area contributed by atoms with Crippen LogP contribution in [0.5, 0.6) is 0 Å². The number of nitriles is 1.